The summed E-state index contributed by atoms with van der Waals surface area (Å²) in [6, 6.07) is 12.5. The fraction of sp³-hybridized carbons (Fsp3) is 0.118. The Hall–Kier alpha value is -2.95. The highest BCUT2D eigenvalue weighted by Gasteiger charge is 2.14. The number of nitrogens with one attached hydrogen (secondary N) is 1. The summed E-state index contributed by atoms with van der Waals surface area (Å²) in [5.41, 5.74) is 2.38. The molecule has 1 heterocycles. The second kappa shape index (κ2) is 5.81. The van der Waals surface area contributed by atoms with Crippen LogP contribution in [0.3, 0.4) is 0 Å². The van der Waals surface area contributed by atoms with Crippen LogP contribution >= 0.6 is 0 Å². The van der Waals surface area contributed by atoms with Gasteiger partial charge in [-0.1, -0.05) is 24.3 Å². The van der Waals surface area contributed by atoms with E-state index in [4.69, 9.17) is 4.74 Å². The average molecular weight is 294 g/mol. The minimum atomic E-state index is -0.377. The van der Waals surface area contributed by atoms with E-state index in [9.17, 15) is 9.59 Å². The van der Waals surface area contributed by atoms with Gasteiger partial charge in [-0.15, -0.1) is 0 Å². The molecule has 5 heteroatoms. The number of carbonyl (C=O) groups is 1. The van der Waals surface area contributed by atoms with Crippen LogP contribution in [-0.2, 0) is 4.74 Å². The molecule has 0 aliphatic rings. The predicted molar refractivity (Wildman–Crippen MR) is 83.8 cm³/mol. The third-order valence-electron chi connectivity index (χ3n) is 3.37. The molecule has 3 rings (SSSR count). The number of ether oxygens (including phenoxy) is 1. The fourth-order valence-electron chi connectivity index (χ4n) is 2.36. The largest absolute Gasteiger partial charge is 0.462 e. The standard InChI is InChI=1S/C17H14N2O3/c1-2-22-17(21)13-6-4-3-5-12(13)11-7-8-15-14(9-11)16(20)19-10-18-15/h3-10H,2H2,1H3,(H,18,19,20). The van der Waals surface area contributed by atoms with Crippen molar-refractivity contribution < 1.29 is 9.53 Å². The van der Waals surface area contributed by atoms with E-state index < -0.39 is 0 Å². The molecular formula is C17H14N2O3. The molecule has 0 fully saturated rings. The fourth-order valence-corrected chi connectivity index (χ4v) is 2.36. The SMILES string of the molecule is CCOC(=O)c1ccccc1-c1ccc2nc[nH]c(=O)c2c1. The van der Waals surface area contributed by atoms with Crippen molar-refractivity contribution in [1.29, 1.82) is 0 Å². The summed E-state index contributed by atoms with van der Waals surface area (Å²) in [5.74, 6) is -0.377. The molecule has 2 aromatic carbocycles. The van der Waals surface area contributed by atoms with Gasteiger partial charge in [-0.3, -0.25) is 4.79 Å². The van der Waals surface area contributed by atoms with Gasteiger partial charge in [0.1, 0.15) is 0 Å². The molecule has 1 aromatic heterocycles. The van der Waals surface area contributed by atoms with Crippen LogP contribution < -0.4 is 5.56 Å². The minimum absolute atomic E-state index is 0.208. The highest BCUT2D eigenvalue weighted by molar-refractivity contribution is 5.98. The molecule has 0 saturated carbocycles. The molecule has 0 amide bonds. The van der Waals surface area contributed by atoms with E-state index in [-0.39, 0.29) is 11.5 Å². The first kappa shape index (κ1) is 14.0. The van der Waals surface area contributed by atoms with Gasteiger partial charge in [0.25, 0.3) is 5.56 Å². The number of esters is 1. The maximum Gasteiger partial charge on any atom is 0.338 e. The van der Waals surface area contributed by atoms with E-state index >= 15 is 0 Å². The van der Waals surface area contributed by atoms with Crippen molar-refractivity contribution in [3.8, 4) is 11.1 Å². The zero-order valence-corrected chi connectivity index (χ0v) is 12.0. The number of hydrogen-bond donors (Lipinski definition) is 1. The molecule has 0 saturated heterocycles. The minimum Gasteiger partial charge on any atom is -0.462 e. The van der Waals surface area contributed by atoms with Gasteiger partial charge in [0.05, 0.1) is 29.4 Å². The van der Waals surface area contributed by atoms with Crippen LogP contribution in [0.5, 0.6) is 0 Å². The smallest absolute Gasteiger partial charge is 0.338 e. The molecule has 0 aliphatic carbocycles. The average Bonchev–Trinajstić information content (AvgIpc) is 2.55. The van der Waals surface area contributed by atoms with E-state index in [1.54, 1.807) is 31.2 Å². The molecule has 5 nitrogen and oxygen atoms in total. The Bertz CT molecular complexity index is 900. The Morgan fingerprint density at radius 1 is 1.23 bits per heavy atom. The van der Waals surface area contributed by atoms with E-state index in [1.807, 2.05) is 18.2 Å². The summed E-state index contributed by atoms with van der Waals surface area (Å²) in [7, 11) is 0. The van der Waals surface area contributed by atoms with Gasteiger partial charge < -0.3 is 9.72 Å². The van der Waals surface area contributed by atoms with Crippen molar-refractivity contribution in [2.75, 3.05) is 6.61 Å². The van der Waals surface area contributed by atoms with Crippen LogP contribution in [-0.4, -0.2) is 22.5 Å². The number of carbonyl (C=O) groups excluding carboxylic acids is 1. The Labute approximate surface area is 126 Å². The highest BCUT2D eigenvalue weighted by Crippen LogP contribution is 2.26. The molecule has 0 atom stereocenters. The molecule has 0 aliphatic heterocycles. The van der Waals surface area contributed by atoms with E-state index in [2.05, 4.69) is 9.97 Å². The number of rotatable bonds is 3. The highest BCUT2D eigenvalue weighted by atomic mass is 16.5. The van der Waals surface area contributed by atoms with Crippen molar-refractivity contribution in [2.45, 2.75) is 6.92 Å². The quantitative estimate of drug-likeness (QED) is 0.754. The van der Waals surface area contributed by atoms with E-state index in [0.29, 0.717) is 23.1 Å². The van der Waals surface area contributed by atoms with Gasteiger partial charge in [-0.05, 0) is 36.2 Å². The lowest BCUT2D eigenvalue weighted by molar-refractivity contribution is 0.0527. The van der Waals surface area contributed by atoms with Crippen molar-refractivity contribution in [3.05, 3.63) is 64.7 Å². The Kier molecular flexibility index (Phi) is 3.70. The monoisotopic (exact) mass is 294 g/mol. The van der Waals surface area contributed by atoms with E-state index in [0.717, 1.165) is 11.1 Å². The summed E-state index contributed by atoms with van der Waals surface area (Å²) in [5, 5.41) is 0.485. The van der Waals surface area contributed by atoms with Gasteiger partial charge in [0.2, 0.25) is 0 Å². The first-order valence-electron chi connectivity index (χ1n) is 6.94. The molecule has 0 radical (unpaired) electrons. The lowest BCUT2D eigenvalue weighted by Gasteiger charge is -2.09. The summed E-state index contributed by atoms with van der Waals surface area (Å²) >= 11 is 0. The Balaban J connectivity index is 2.18. The van der Waals surface area contributed by atoms with Crippen LogP contribution in [0.1, 0.15) is 17.3 Å². The number of aromatic nitrogens is 2. The third kappa shape index (κ3) is 2.48. The topological polar surface area (TPSA) is 72.0 Å². The zero-order chi connectivity index (χ0) is 15.5. The molecule has 22 heavy (non-hydrogen) atoms. The van der Waals surface area contributed by atoms with Crippen LogP contribution in [0, 0.1) is 0 Å². The van der Waals surface area contributed by atoms with Crippen LogP contribution in [0.4, 0.5) is 0 Å². The van der Waals surface area contributed by atoms with Crippen LogP contribution in [0.25, 0.3) is 22.0 Å². The van der Waals surface area contributed by atoms with Gasteiger partial charge in [-0.25, -0.2) is 9.78 Å². The lowest BCUT2D eigenvalue weighted by Crippen LogP contribution is -2.08. The summed E-state index contributed by atoms with van der Waals surface area (Å²) < 4.78 is 5.08. The van der Waals surface area contributed by atoms with Crippen molar-refractivity contribution in [1.82, 2.24) is 9.97 Å². The van der Waals surface area contributed by atoms with Crippen molar-refractivity contribution in [2.24, 2.45) is 0 Å². The Morgan fingerprint density at radius 2 is 2.05 bits per heavy atom. The number of fused-ring (bicyclic) bond motifs is 1. The number of benzene rings is 2. The second-order valence-corrected chi connectivity index (χ2v) is 4.73. The molecule has 110 valence electrons. The molecule has 0 bridgehead atoms. The van der Waals surface area contributed by atoms with E-state index in [1.165, 1.54) is 6.33 Å². The normalized spacial score (nSPS) is 10.6. The van der Waals surface area contributed by atoms with Gasteiger partial charge >= 0.3 is 5.97 Å². The Morgan fingerprint density at radius 3 is 2.86 bits per heavy atom. The van der Waals surface area contributed by atoms with Crippen molar-refractivity contribution >= 4 is 16.9 Å². The molecular weight excluding hydrogens is 280 g/mol. The molecule has 3 aromatic rings. The van der Waals surface area contributed by atoms with Gasteiger partial charge in [0, 0.05) is 0 Å². The summed E-state index contributed by atoms with van der Waals surface area (Å²) in [4.78, 5) is 30.6. The summed E-state index contributed by atoms with van der Waals surface area (Å²) in [6.45, 7) is 2.08. The zero-order valence-electron chi connectivity index (χ0n) is 12.0. The third-order valence-corrected chi connectivity index (χ3v) is 3.37. The first-order valence-corrected chi connectivity index (χ1v) is 6.94. The maximum absolute atomic E-state index is 12.1. The molecule has 0 unspecified atom stereocenters. The number of H-pyrrole nitrogens is 1. The number of aromatic amines is 1. The van der Waals surface area contributed by atoms with Crippen molar-refractivity contribution in [3.63, 3.8) is 0 Å². The van der Waals surface area contributed by atoms with Gasteiger partial charge in [-0.2, -0.15) is 0 Å². The lowest BCUT2D eigenvalue weighted by atomic mass is 9.98. The maximum atomic E-state index is 12.1. The summed E-state index contributed by atoms with van der Waals surface area (Å²) in [6.07, 6.45) is 1.37. The molecule has 1 N–H and O–H groups in total. The molecule has 0 spiro atoms. The number of hydrogen-bond acceptors (Lipinski definition) is 4. The second-order valence-electron chi connectivity index (χ2n) is 4.73. The number of nitrogens with zero attached hydrogens (tertiary/aromatic N) is 1. The van der Waals surface area contributed by atoms with Gasteiger partial charge in [0.15, 0.2) is 0 Å². The first-order chi connectivity index (χ1) is 10.7. The van der Waals surface area contributed by atoms with Crippen LogP contribution in [0.2, 0.25) is 0 Å². The predicted octanol–water partition coefficient (Wildman–Crippen LogP) is 2.77. The van der Waals surface area contributed by atoms with Crippen LogP contribution in [0.15, 0.2) is 53.6 Å².